The van der Waals surface area contributed by atoms with Crippen LogP contribution in [0, 0.1) is 13.8 Å². The van der Waals surface area contributed by atoms with E-state index in [9.17, 15) is 4.79 Å². The minimum Gasteiger partial charge on any atom is -0.462 e. The molecule has 0 unspecified atom stereocenters. The molecule has 130 valence electrons. The van der Waals surface area contributed by atoms with E-state index in [-0.39, 0.29) is 5.97 Å². The number of carbonyl (C=O) groups excluding carboxylic acids is 1. The summed E-state index contributed by atoms with van der Waals surface area (Å²) in [6, 6.07) is 7.25. The van der Waals surface area contributed by atoms with Gasteiger partial charge in [-0.05, 0) is 50.1 Å². The summed E-state index contributed by atoms with van der Waals surface area (Å²) in [5.41, 5.74) is 2.62. The van der Waals surface area contributed by atoms with Gasteiger partial charge in [0.15, 0.2) is 0 Å². The monoisotopic (exact) mass is 355 g/mol. The molecule has 3 aromatic rings. The molecule has 0 aliphatic carbocycles. The van der Waals surface area contributed by atoms with E-state index in [1.165, 1.54) is 10.4 Å². The average molecular weight is 355 g/mol. The first-order chi connectivity index (χ1) is 12.1. The first kappa shape index (κ1) is 17.4. The third-order valence-corrected chi connectivity index (χ3v) is 5.19. The molecule has 0 aliphatic rings. The molecule has 0 spiro atoms. The smallest absolute Gasteiger partial charge is 0.338 e. The molecule has 0 saturated heterocycles. The van der Waals surface area contributed by atoms with Crippen molar-refractivity contribution in [2.24, 2.45) is 0 Å². The summed E-state index contributed by atoms with van der Waals surface area (Å²) in [4.78, 5) is 22.9. The van der Waals surface area contributed by atoms with E-state index in [0.717, 1.165) is 34.6 Å². The summed E-state index contributed by atoms with van der Waals surface area (Å²) in [7, 11) is 0. The largest absolute Gasteiger partial charge is 0.462 e. The maximum atomic E-state index is 11.9. The van der Waals surface area contributed by atoms with Crippen molar-refractivity contribution in [3.8, 4) is 0 Å². The molecule has 0 aliphatic heterocycles. The first-order valence-electron chi connectivity index (χ1n) is 8.35. The number of carbonyl (C=O) groups is 1. The summed E-state index contributed by atoms with van der Waals surface area (Å²) in [6.07, 6.45) is 3.46. The van der Waals surface area contributed by atoms with Crippen LogP contribution in [0.15, 0.2) is 30.6 Å². The van der Waals surface area contributed by atoms with Crippen molar-refractivity contribution in [2.45, 2.75) is 33.6 Å². The number of anilines is 2. The quantitative estimate of drug-likeness (QED) is 0.497. The number of benzene rings is 1. The van der Waals surface area contributed by atoms with E-state index < -0.39 is 0 Å². The van der Waals surface area contributed by atoms with Gasteiger partial charge in [-0.2, -0.15) is 0 Å². The zero-order valence-corrected chi connectivity index (χ0v) is 15.4. The Bertz CT molecular complexity index is 888. The Balaban J connectivity index is 1.77. The average Bonchev–Trinajstić information content (AvgIpc) is 2.91. The molecule has 1 N–H and O–H groups in total. The maximum Gasteiger partial charge on any atom is 0.338 e. The van der Waals surface area contributed by atoms with Crippen LogP contribution in [0.4, 0.5) is 11.5 Å². The maximum absolute atomic E-state index is 11.9. The number of fused-ring (bicyclic) bond motifs is 1. The molecule has 5 nitrogen and oxygen atoms in total. The van der Waals surface area contributed by atoms with Crippen molar-refractivity contribution in [2.75, 3.05) is 11.9 Å². The van der Waals surface area contributed by atoms with Crippen LogP contribution in [0.5, 0.6) is 0 Å². The highest BCUT2D eigenvalue weighted by Crippen LogP contribution is 2.33. The number of thiophene rings is 1. The van der Waals surface area contributed by atoms with E-state index in [1.807, 2.05) is 12.1 Å². The minimum atomic E-state index is -0.284. The zero-order valence-electron chi connectivity index (χ0n) is 14.6. The minimum absolute atomic E-state index is 0.284. The number of hydrogen-bond acceptors (Lipinski definition) is 6. The molecule has 2 heterocycles. The van der Waals surface area contributed by atoms with Crippen LogP contribution in [0.25, 0.3) is 10.2 Å². The van der Waals surface area contributed by atoms with Gasteiger partial charge in [0.05, 0.1) is 17.6 Å². The molecule has 0 radical (unpaired) electrons. The van der Waals surface area contributed by atoms with E-state index in [0.29, 0.717) is 12.2 Å². The van der Waals surface area contributed by atoms with E-state index in [2.05, 4.69) is 36.1 Å². The lowest BCUT2D eigenvalue weighted by Gasteiger charge is -2.08. The van der Waals surface area contributed by atoms with Gasteiger partial charge in [0.2, 0.25) is 0 Å². The summed E-state index contributed by atoms with van der Waals surface area (Å²) in [6.45, 7) is 6.70. The van der Waals surface area contributed by atoms with E-state index >= 15 is 0 Å². The molecule has 0 fully saturated rings. The Labute approximate surface area is 151 Å². The Kier molecular flexibility index (Phi) is 5.28. The van der Waals surface area contributed by atoms with Crippen molar-refractivity contribution in [3.63, 3.8) is 0 Å². The van der Waals surface area contributed by atoms with Gasteiger partial charge in [0.1, 0.15) is 17.0 Å². The molecule has 1 aromatic carbocycles. The predicted octanol–water partition coefficient (Wildman–Crippen LogP) is 5.01. The van der Waals surface area contributed by atoms with Crippen LogP contribution in [0.3, 0.4) is 0 Å². The van der Waals surface area contributed by atoms with Gasteiger partial charge < -0.3 is 10.1 Å². The highest BCUT2D eigenvalue weighted by atomic mass is 32.1. The number of hydrogen-bond donors (Lipinski definition) is 1. The molecule has 0 saturated carbocycles. The second-order valence-electron chi connectivity index (χ2n) is 5.88. The lowest BCUT2D eigenvalue weighted by atomic mass is 10.2. The van der Waals surface area contributed by atoms with Crippen LogP contribution in [0.2, 0.25) is 0 Å². The Morgan fingerprint density at radius 2 is 1.96 bits per heavy atom. The number of nitrogens with one attached hydrogen (secondary N) is 1. The van der Waals surface area contributed by atoms with Crippen LogP contribution < -0.4 is 5.32 Å². The number of rotatable bonds is 6. The number of aromatic nitrogens is 2. The zero-order chi connectivity index (χ0) is 17.8. The predicted molar refractivity (Wildman–Crippen MR) is 102 cm³/mol. The number of esters is 1. The molecule has 3 rings (SSSR count). The van der Waals surface area contributed by atoms with Crippen molar-refractivity contribution in [1.82, 2.24) is 9.97 Å². The molecule has 0 bridgehead atoms. The number of nitrogens with zero attached hydrogens (tertiary/aromatic N) is 2. The second kappa shape index (κ2) is 7.61. The molecule has 6 heteroatoms. The highest BCUT2D eigenvalue weighted by Gasteiger charge is 2.12. The SMILES string of the molecule is CCCCOC(=O)c1ccc(Nc2ncnc3sc(C)c(C)c23)cc1. The Morgan fingerprint density at radius 3 is 2.68 bits per heavy atom. The van der Waals surface area contributed by atoms with Gasteiger partial charge in [-0.1, -0.05) is 13.3 Å². The van der Waals surface area contributed by atoms with Crippen LogP contribution in [0.1, 0.15) is 40.6 Å². The molecule has 2 aromatic heterocycles. The highest BCUT2D eigenvalue weighted by molar-refractivity contribution is 7.18. The molecule has 0 atom stereocenters. The third kappa shape index (κ3) is 3.79. The van der Waals surface area contributed by atoms with Crippen molar-refractivity contribution < 1.29 is 9.53 Å². The fraction of sp³-hybridized carbons (Fsp3) is 0.316. The summed E-state index contributed by atoms with van der Waals surface area (Å²) in [5.74, 6) is 0.499. The topological polar surface area (TPSA) is 64.1 Å². The lowest BCUT2D eigenvalue weighted by molar-refractivity contribution is 0.0500. The van der Waals surface area contributed by atoms with Crippen LogP contribution in [-0.2, 0) is 4.74 Å². The van der Waals surface area contributed by atoms with Gasteiger partial charge in [0, 0.05) is 10.6 Å². The van der Waals surface area contributed by atoms with Gasteiger partial charge in [0.25, 0.3) is 0 Å². The molecular weight excluding hydrogens is 334 g/mol. The van der Waals surface area contributed by atoms with Crippen LogP contribution >= 0.6 is 11.3 Å². The molecule has 0 amide bonds. The fourth-order valence-corrected chi connectivity index (χ4v) is 3.49. The second-order valence-corrected chi connectivity index (χ2v) is 7.08. The number of aryl methyl sites for hydroxylation is 2. The van der Waals surface area contributed by atoms with Crippen molar-refractivity contribution in [1.29, 1.82) is 0 Å². The standard InChI is InChI=1S/C19H21N3O2S/c1-4-5-10-24-19(23)14-6-8-15(9-7-14)22-17-16-12(2)13(3)25-18(16)21-11-20-17/h6-9,11H,4-5,10H2,1-3H3,(H,20,21,22). The summed E-state index contributed by atoms with van der Waals surface area (Å²) >= 11 is 1.67. The lowest BCUT2D eigenvalue weighted by Crippen LogP contribution is -2.06. The summed E-state index contributed by atoms with van der Waals surface area (Å²) in [5, 5.41) is 4.37. The van der Waals surface area contributed by atoms with E-state index in [4.69, 9.17) is 4.74 Å². The number of unbranched alkanes of at least 4 members (excludes halogenated alkanes) is 1. The van der Waals surface area contributed by atoms with Gasteiger partial charge in [-0.15, -0.1) is 11.3 Å². The van der Waals surface area contributed by atoms with Crippen molar-refractivity contribution in [3.05, 3.63) is 46.6 Å². The fourth-order valence-electron chi connectivity index (χ4n) is 2.50. The molecule has 25 heavy (non-hydrogen) atoms. The Morgan fingerprint density at radius 1 is 1.20 bits per heavy atom. The van der Waals surface area contributed by atoms with Gasteiger partial charge >= 0.3 is 5.97 Å². The first-order valence-corrected chi connectivity index (χ1v) is 9.16. The third-order valence-electron chi connectivity index (χ3n) is 4.08. The van der Waals surface area contributed by atoms with Crippen LogP contribution in [-0.4, -0.2) is 22.5 Å². The molecular formula is C19H21N3O2S. The van der Waals surface area contributed by atoms with E-state index in [1.54, 1.807) is 29.8 Å². The van der Waals surface area contributed by atoms with Gasteiger partial charge in [-0.25, -0.2) is 14.8 Å². The Hall–Kier alpha value is -2.47. The van der Waals surface area contributed by atoms with Gasteiger partial charge in [-0.3, -0.25) is 0 Å². The normalized spacial score (nSPS) is 10.8. The van der Waals surface area contributed by atoms with Crippen molar-refractivity contribution >= 4 is 39.0 Å². The number of ether oxygens (including phenoxy) is 1. The summed E-state index contributed by atoms with van der Waals surface area (Å²) < 4.78 is 5.22.